The highest BCUT2D eigenvalue weighted by Gasteiger charge is 2.54. The van der Waals surface area contributed by atoms with Gasteiger partial charge in [0.1, 0.15) is 5.82 Å². The van der Waals surface area contributed by atoms with Crippen LogP contribution in [0.2, 0.25) is 0 Å². The summed E-state index contributed by atoms with van der Waals surface area (Å²) in [4.78, 5) is 28.3. The van der Waals surface area contributed by atoms with Crippen molar-refractivity contribution in [2.24, 2.45) is 0 Å². The Balaban J connectivity index is 0.00000329. The molecule has 0 unspecified atom stereocenters. The number of amides is 1. The second kappa shape index (κ2) is 10.4. The second-order valence-corrected chi connectivity index (χ2v) is 13.4. The van der Waals surface area contributed by atoms with Gasteiger partial charge < -0.3 is 14.7 Å². The van der Waals surface area contributed by atoms with Crippen LogP contribution in [-0.4, -0.2) is 69.5 Å². The third-order valence-corrected chi connectivity index (χ3v) is 10.4. The maximum atomic E-state index is 15.7. The van der Waals surface area contributed by atoms with E-state index in [1.165, 1.54) is 18.2 Å². The lowest BCUT2D eigenvalue weighted by molar-refractivity contribution is -0.125. The summed E-state index contributed by atoms with van der Waals surface area (Å²) in [5, 5.41) is 0.730. The van der Waals surface area contributed by atoms with Crippen molar-refractivity contribution in [3.63, 3.8) is 0 Å². The zero-order valence-corrected chi connectivity index (χ0v) is 25.7. The number of nitrogens with one attached hydrogen (secondary N) is 1. The molecule has 1 saturated heterocycles. The van der Waals surface area contributed by atoms with E-state index < -0.39 is 21.3 Å². The monoisotopic (exact) mass is 622 g/mol. The van der Waals surface area contributed by atoms with Crippen LogP contribution in [0.15, 0.2) is 65.8 Å². The fourth-order valence-electron chi connectivity index (χ4n) is 6.40. The van der Waals surface area contributed by atoms with Crippen molar-refractivity contribution >= 4 is 56.4 Å². The molecule has 1 amide bonds. The van der Waals surface area contributed by atoms with Gasteiger partial charge in [-0.05, 0) is 51.2 Å². The van der Waals surface area contributed by atoms with Crippen molar-refractivity contribution in [2.75, 3.05) is 48.8 Å². The summed E-state index contributed by atoms with van der Waals surface area (Å²) >= 11 is 0. The molecule has 0 radical (unpaired) electrons. The predicted molar refractivity (Wildman–Crippen MR) is 168 cm³/mol. The summed E-state index contributed by atoms with van der Waals surface area (Å²) in [5.74, 6) is 0.0391. The first-order valence-electron chi connectivity index (χ1n) is 14.0. The van der Waals surface area contributed by atoms with E-state index in [1.54, 1.807) is 54.7 Å². The van der Waals surface area contributed by atoms with Gasteiger partial charge in [0.05, 0.1) is 33.4 Å². The van der Waals surface area contributed by atoms with E-state index in [1.807, 2.05) is 19.0 Å². The van der Waals surface area contributed by atoms with Gasteiger partial charge in [-0.2, -0.15) is 0 Å². The van der Waals surface area contributed by atoms with Crippen LogP contribution in [0.1, 0.15) is 24.8 Å². The molecule has 2 aliphatic heterocycles. The first-order chi connectivity index (χ1) is 20.1. The van der Waals surface area contributed by atoms with Crippen molar-refractivity contribution < 1.29 is 17.6 Å². The standard InChI is InChI=1S/C31H31FN6O3S.ClH/c1-36(2)20-17-38(18-20)29-26(35-42(40,41)21-8-5-4-6-9-21)12-19(15-34-29)22-13-23-25(14-24(22)32)33-16-27-28(23)31(10-7-11-31)30(39)37(27)3;/h4-6,8-9,12-16,20,35H,7,10-11,17-18H2,1-3H3;1H. The molecule has 43 heavy (non-hydrogen) atoms. The lowest BCUT2D eigenvalue weighted by atomic mass is 9.64. The summed E-state index contributed by atoms with van der Waals surface area (Å²) in [7, 11) is 1.84. The molecule has 2 fully saturated rings. The fraction of sp³-hybridized carbons (Fsp3) is 0.323. The average Bonchev–Trinajstić information content (AvgIpc) is 3.15. The number of carbonyl (C=O) groups excluding carboxylic acids is 1. The molecule has 12 heteroatoms. The summed E-state index contributed by atoms with van der Waals surface area (Å²) in [6, 6.07) is 13.2. The quantitative estimate of drug-likeness (QED) is 0.330. The van der Waals surface area contributed by atoms with Gasteiger partial charge in [0.2, 0.25) is 5.91 Å². The van der Waals surface area contributed by atoms with Crippen molar-refractivity contribution in [1.29, 1.82) is 0 Å². The Kier molecular flexibility index (Phi) is 7.10. The zero-order valence-electron chi connectivity index (χ0n) is 24.0. The van der Waals surface area contributed by atoms with Gasteiger partial charge in [-0.1, -0.05) is 24.6 Å². The number of rotatable bonds is 6. The van der Waals surface area contributed by atoms with Crippen LogP contribution in [0.5, 0.6) is 0 Å². The van der Waals surface area contributed by atoms with Gasteiger partial charge >= 0.3 is 0 Å². The number of anilines is 3. The van der Waals surface area contributed by atoms with Gasteiger partial charge in [0.15, 0.2) is 5.82 Å². The van der Waals surface area contributed by atoms with Gasteiger partial charge in [-0.25, -0.2) is 17.8 Å². The van der Waals surface area contributed by atoms with Crippen molar-refractivity contribution in [2.45, 2.75) is 35.6 Å². The molecule has 0 atom stereocenters. The third kappa shape index (κ3) is 4.52. The predicted octanol–water partition coefficient (Wildman–Crippen LogP) is 4.81. The lowest BCUT2D eigenvalue weighted by Crippen LogP contribution is -2.57. The van der Waals surface area contributed by atoms with Crippen LogP contribution >= 0.6 is 12.4 Å². The normalized spacial score (nSPS) is 17.6. The van der Waals surface area contributed by atoms with Gasteiger partial charge in [0.25, 0.3) is 10.0 Å². The van der Waals surface area contributed by atoms with Crippen molar-refractivity contribution in [1.82, 2.24) is 14.9 Å². The van der Waals surface area contributed by atoms with Gasteiger partial charge in [-0.15, -0.1) is 12.4 Å². The topological polar surface area (TPSA) is 98.7 Å². The highest BCUT2D eigenvalue weighted by Crippen LogP contribution is 2.55. The molecule has 1 saturated carbocycles. The molecule has 4 heterocycles. The number of aromatic nitrogens is 2. The second-order valence-electron chi connectivity index (χ2n) is 11.7. The van der Waals surface area contributed by atoms with Gasteiger partial charge in [0, 0.05) is 60.5 Å². The Bertz CT molecular complexity index is 1860. The van der Waals surface area contributed by atoms with Crippen LogP contribution in [0.4, 0.5) is 21.6 Å². The van der Waals surface area contributed by atoms with Crippen molar-refractivity contribution in [3.8, 4) is 11.1 Å². The molecule has 3 aliphatic rings. The highest BCUT2D eigenvalue weighted by atomic mass is 35.5. The number of sulfonamides is 1. The summed E-state index contributed by atoms with van der Waals surface area (Å²) in [6.45, 7) is 1.37. The average molecular weight is 623 g/mol. The molecule has 2 aromatic carbocycles. The highest BCUT2D eigenvalue weighted by molar-refractivity contribution is 7.92. The molecule has 2 aromatic heterocycles. The maximum absolute atomic E-state index is 15.7. The summed E-state index contributed by atoms with van der Waals surface area (Å²) in [6.07, 6.45) is 5.69. The van der Waals surface area contributed by atoms with Crippen LogP contribution in [0.25, 0.3) is 22.0 Å². The number of pyridine rings is 2. The number of nitrogens with zero attached hydrogens (tertiary/aromatic N) is 5. The number of likely N-dealkylation sites (N-methyl/N-ethyl adjacent to an activating group) is 2. The van der Waals surface area contributed by atoms with E-state index in [9.17, 15) is 13.2 Å². The Morgan fingerprint density at radius 1 is 1.05 bits per heavy atom. The van der Waals surface area contributed by atoms with Crippen LogP contribution in [0, 0.1) is 5.82 Å². The molecular formula is C31H32ClFN6O3S. The van der Waals surface area contributed by atoms with E-state index in [0.29, 0.717) is 36.0 Å². The number of hydrogen-bond acceptors (Lipinski definition) is 7. The summed E-state index contributed by atoms with van der Waals surface area (Å²) in [5.41, 5.74) is 2.50. The molecule has 1 N–H and O–H groups in total. The first-order valence-corrected chi connectivity index (χ1v) is 15.5. The number of benzene rings is 2. The molecule has 7 rings (SSSR count). The lowest BCUT2D eigenvalue weighted by Gasteiger charge is -2.44. The van der Waals surface area contributed by atoms with Crippen molar-refractivity contribution in [3.05, 3.63) is 72.3 Å². The Morgan fingerprint density at radius 3 is 2.42 bits per heavy atom. The SMILES string of the molecule is CN1C(=O)C2(CCC2)c2c1cnc1cc(F)c(-c3cnc(N4CC(N(C)C)C4)c(NS(=O)(=O)c4ccccc4)c3)cc21.Cl. The van der Waals surface area contributed by atoms with E-state index in [4.69, 9.17) is 0 Å². The minimum atomic E-state index is -3.93. The minimum Gasteiger partial charge on any atom is -0.352 e. The number of hydrogen-bond donors (Lipinski definition) is 1. The van der Waals surface area contributed by atoms with E-state index in [0.717, 1.165) is 35.9 Å². The maximum Gasteiger partial charge on any atom is 0.262 e. The van der Waals surface area contributed by atoms with E-state index in [-0.39, 0.29) is 34.5 Å². The molecule has 224 valence electrons. The zero-order chi connectivity index (χ0) is 29.4. The molecule has 9 nitrogen and oxygen atoms in total. The van der Waals surface area contributed by atoms with E-state index in [2.05, 4.69) is 19.6 Å². The first kappa shape index (κ1) is 29.3. The Labute approximate surface area is 256 Å². The number of halogens is 2. The van der Waals surface area contributed by atoms with Crippen LogP contribution in [-0.2, 0) is 20.2 Å². The van der Waals surface area contributed by atoms with Gasteiger partial charge in [-0.3, -0.25) is 14.5 Å². The largest absolute Gasteiger partial charge is 0.352 e. The molecule has 1 aliphatic carbocycles. The smallest absolute Gasteiger partial charge is 0.262 e. The molecular weight excluding hydrogens is 591 g/mol. The number of fused-ring (bicyclic) bond motifs is 4. The van der Waals surface area contributed by atoms with Crippen LogP contribution < -0.4 is 14.5 Å². The minimum absolute atomic E-state index is 0. The van der Waals surface area contributed by atoms with E-state index >= 15 is 4.39 Å². The summed E-state index contributed by atoms with van der Waals surface area (Å²) < 4.78 is 45.1. The molecule has 4 aromatic rings. The van der Waals surface area contributed by atoms with Crippen LogP contribution in [0.3, 0.4) is 0 Å². The molecule has 0 bridgehead atoms. The fourth-order valence-corrected chi connectivity index (χ4v) is 7.48. The number of carbonyl (C=O) groups is 1. The third-order valence-electron chi connectivity index (χ3n) is 9.07. The Morgan fingerprint density at radius 2 is 1.77 bits per heavy atom. The Hall–Kier alpha value is -3.80. The molecule has 1 spiro atoms.